The van der Waals surface area contributed by atoms with Crippen molar-refractivity contribution < 1.29 is 18.0 Å². The van der Waals surface area contributed by atoms with Gasteiger partial charge in [0.25, 0.3) is 5.91 Å². The molecule has 0 unspecified atom stereocenters. The Morgan fingerprint density at radius 3 is 2.42 bits per heavy atom. The lowest BCUT2D eigenvalue weighted by Gasteiger charge is -2.09. The predicted molar refractivity (Wildman–Crippen MR) is 91.0 cm³/mol. The van der Waals surface area contributed by atoms with Crippen LogP contribution in [0.25, 0.3) is 0 Å². The van der Waals surface area contributed by atoms with Crippen molar-refractivity contribution >= 4 is 34.7 Å². The Morgan fingerprint density at radius 2 is 1.69 bits per heavy atom. The molecule has 0 bridgehead atoms. The molecule has 0 spiro atoms. The summed E-state index contributed by atoms with van der Waals surface area (Å²) in [5.41, 5.74) is 0.159. The van der Waals surface area contributed by atoms with Gasteiger partial charge in [-0.05, 0) is 36.4 Å². The van der Waals surface area contributed by atoms with Gasteiger partial charge >= 0.3 is 0 Å². The molecule has 0 saturated carbocycles. The van der Waals surface area contributed by atoms with Crippen LogP contribution in [-0.2, 0) is 0 Å². The van der Waals surface area contributed by atoms with Crippen LogP contribution in [-0.4, -0.2) is 15.9 Å². The molecule has 3 rings (SSSR count). The fourth-order valence-corrected chi connectivity index (χ4v) is 2.16. The van der Waals surface area contributed by atoms with Gasteiger partial charge in [0.2, 0.25) is 0 Å². The normalized spacial score (nSPS) is 10.5. The molecule has 0 saturated heterocycles. The van der Waals surface area contributed by atoms with Crippen molar-refractivity contribution in [1.82, 2.24) is 9.97 Å². The minimum atomic E-state index is -1.61. The molecular weight excluding hydrogens is 369 g/mol. The maximum Gasteiger partial charge on any atom is 0.274 e. The zero-order chi connectivity index (χ0) is 18.7. The van der Waals surface area contributed by atoms with Crippen LogP contribution in [0, 0.1) is 17.5 Å². The molecule has 0 aliphatic rings. The van der Waals surface area contributed by atoms with Gasteiger partial charge in [-0.15, -0.1) is 0 Å². The summed E-state index contributed by atoms with van der Waals surface area (Å²) in [5.74, 6) is -4.81. The van der Waals surface area contributed by atoms with Crippen LogP contribution < -0.4 is 10.6 Å². The Kier molecular flexibility index (Phi) is 5.04. The van der Waals surface area contributed by atoms with Crippen molar-refractivity contribution in [3.63, 3.8) is 0 Å². The Balaban J connectivity index is 1.79. The third-order valence-electron chi connectivity index (χ3n) is 3.30. The standard InChI is InChI=1S/C17H10ClF3N4O/c18-9-1-3-10(4-2-9)24-17(26)13-7-14(23-8-22-13)25-12-6-5-11(19)15(20)16(12)21/h1-8H,(H,24,26)(H,22,23,25). The second-order valence-corrected chi connectivity index (χ2v) is 5.53. The Labute approximate surface area is 150 Å². The fraction of sp³-hybridized carbons (Fsp3) is 0. The van der Waals surface area contributed by atoms with E-state index in [9.17, 15) is 18.0 Å². The molecular formula is C17H10ClF3N4O. The Bertz CT molecular complexity index is 967. The molecule has 0 aliphatic heterocycles. The van der Waals surface area contributed by atoms with Crippen LogP contribution in [0.4, 0.5) is 30.4 Å². The molecule has 0 aliphatic carbocycles. The lowest BCUT2D eigenvalue weighted by atomic mass is 10.2. The van der Waals surface area contributed by atoms with Crippen molar-refractivity contribution in [3.8, 4) is 0 Å². The highest BCUT2D eigenvalue weighted by Crippen LogP contribution is 2.23. The summed E-state index contributed by atoms with van der Waals surface area (Å²) in [6.07, 6.45) is 1.08. The van der Waals surface area contributed by atoms with Crippen LogP contribution in [0.1, 0.15) is 10.5 Å². The van der Waals surface area contributed by atoms with Crippen LogP contribution in [0.5, 0.6) is 0 Å². The van der Waals surface area contributed by atoms with Gasteiger partial charge in [-0.3, -0.25) is 4.79 Å². The van der Waals surface area contributed by atoms with E-state index in [4.69, 9.17) is 11.6 Å². The minimum Gasteiger partial charge on any atom is -0.338 e. The van der Waals surface area contributed by atoms with Gasteiger partial charge in [0.15, 0.2) is 17.5 Å². The molecule has 1 heterocycles. The zero-order valence-corrected chi connectivity index (χ0v) is 13.7. The van der Waals surface area contributed by atoms with Crippen molar-refractivity contribution in [2.75, 3.05) is 10.6 Å². The van der Waals surface area contributed by atoms with Crippen LogP contribution in [0.2, 0.25) is 5.02 Å². The first-order valence-electron chi connectivity index (χ1n) is 7.23. The molecule has 0 atom stereocenters. The van der Waals surface area contributed by atoms with Gasteiger partial charge in [-0.1, -0.05) is 11.6 Å². The monoisotopic (exact) mass is 378 g/mol. The summed E-state index contributed by atoms with van der Waals surface area (Å²) in [6, 6.07) is 9.46. The van der Waals surface area contributed by atoms with Gasteiger partial charge in [-0.25, -0.2) is 23.1 Å². The number of aromatic nitrogens is 2. The third-order valence-corrected chi connectivity index (χ3v) is 3.55. The molecule has 9 heteroatoms. The summed E-state index contributed by atoms with van der Waals surface area (Å²) in [5, 5.41) is 5.60. The van der Waals surface area contributed by atoms with Crippen molar-refractivity contribution in [1.29, 1.82) is 0 Å². The van der Waals surface area contributed by atoms with Gasteiger partial charge in [-0.2, -0.15) is 0 Å². The largest absolute Gasteiger partial charge is 0.338 e. The molecule has 5 nitrogen and oxygen atoms in total. The van der Waals surface area contributed by atoms with Gasteiger partial charge in [0.05, 0.1) is 5.69 Å². The van der Waals surface area contributed by atoms with E-state index < -0.39 is 23.4 Å². The number of hydrogen-bond donors (Lipinski definition) is 2. The number of amides is 1. The zero-order valence-electron chi connectivity index (χ0n) is 12.9. The van der Waals surface area contributed by atoms with E-state index in [-0.39, 0.29) is 17.2 Å². The average Bonchev–Trinajstić information content (AvgIpc) is 2.64. The number of halogens is 4. The highest BCUT2D eigenvalue weighted by atomic mass is 35.5. The number of nitrogens with zero attached hydrogens (tertiary/aromatic N) is 2. The molecule has 1 aromatic heterocycles. The molecule has 2 N–H and O–H groups in total. The molecule has 0 radical (unpaired) electrons. The number of carbonyl (C=O) groups excluding carboxylic acids is 1. The molecule has 1 amide bonds. The molecule has 26 heavy (non-hydrogen) atoms. The summed E-state index contributed by atoms with van der Waals surface area (Å²) >= 11 is 5.77. The SMILES string of the molecule is O=C(Nc1ccc(Cl)cc1)c1cc(Nc2ccc(F)c(F)c2F)ncn1. The first-order valence-corrected chi connectivity index (χ1v) is 7.61. The summed E-state index contributed by atoms with van der Waals surface area (Å²) in [7, 11) is 0. The number of hydrogen-bond acceptors (Lipinski definition) is 4. The number of rotatable bonds is 4. The lowest BCUT2D eigenvalue weighted by molar-refractivity contribution is 0.102. The molecule has 132 valence electrons. The predicted octanol–water partition coefficient (Wildman–Crippen LogP) is 4.54. The van der Waals surface area contributed by atoms with E-state index in [0.717, 1.165) is 18.5 Å². The van der Waals surface area contributed by atoms with Crippen LogP contribution in [0.15, 0.2) is 48.8 Å². The van der Waals surface area contributed by atoms with E-state index in [1.165, 1.54) is 6.07 Å². The van der Waals surface area contributed by atoms with Crippen LogP contribution in [0.3, 0.4) is 0 Å². The van der Waals surface area contributed by atoms with Crippen molar-refractivity contribution in [2.24, 2.45) is 0 Å². The van der Waals surface area contributed by atoms with Gasteiger partial charge in [0, 0.05) is 16.8 Å². The third kappa shape index (κ3) is 3.92. The highest BCUT2D eigenvalue weighted by Gasteiger charge is 2.15. The summed E-state index contributed by atoms with van der Waals surface area (Å²) in [6.45, 7) is 0. The molecule has 2 aromatic carbocycles. The Hall–Kier alpha value is -3.13. The number of nitrogens with one attached hydrogen (secondary N) is 2. The smallest absolute Gasteiger partial charge is 0.274 e. The first-order chi connectivity index (χ1) is 12.4. The Morgan fingerprint density at radius 1 is 0.962 bits per heavy atom. The minimum absolute atomic E-state index is 0.0135. The number of benzene rings is 2. The maximum absolute atomic E-state index is 13.7. The van der Waals surface area contributed by atoms with Crippen molar-refractivity contribution in [2.45, 2.75) is 0 Å². The molecule has 0 fully saturated rings. The average molecular weight is 379 g/mol. The lowest BCUT2D eigenvalue weighted by Crippen LogP contribution is -2.14. The van der Waals surface area contributed by atoms with Gasteiger partial charge in [0.1, 0.15) is 17.8 Å². The quantitative estimate of drug-likeness (QED) is 0.654. The number of anilines is 3. The van der Waals surface area contributed by atoms with E-state index in [0.29, 0.717) is 10.7 Å². The number of carbonyl (C=O) groups is 1. The first kappa shape index (κ1) is 17.7. The van der Waals surface area contributed by atoms with Crippen molar-refractivity contribution in [3.05, 3.63) is 77.0 Å². The van der Waals surface area contributed by atoms with E-state index in [2.05, 4.69) is 20.6 Å². The maximum atomic E-state index is 13.7. The topological polar surface area (TPSA) is 66.9 Å². The van der Waals surface area contributed by atoms with Crippen LogP contribution >= 0.6 is 11.6 Å². The van der Waals surface area contributed by atoms with Gasteiger partial charge < -0.3 is 10.6 Å². The highest BCUT2D eigenvalue weighted by molar-refractivity contribution is 6.30. The second-order valence-electron chi connectivity index (χ2n) is 5.10. The summed E-state index contributed by atoms with van der Waals surface area (Å²) in [4.78, 5) is 19.9. The van der Waals surface area contributed by atoms with E-state index >= 15 is 0 Å². The van der Waals surface area contributed by atoms with E-state index in [1.54, 1.807) is 24.3 Å². The second kappa shape index (κ2) is 7.40. The molecule has 3 aromatic rings. The van der Waals surface area contributed by atoms with E-state index in [1.807, 2.05) is 0 Å². The fourth-order valence-electron chi connectivity index (χ4n) is 2.04. The summed E-state index contributed by atoms with van der Waals surface area (Å²) < 4.78 is 40.0.